The SMILES string of the molecule is CCC1CC1NCc1cc(Br)c(C)s1. The van der Waals surface area contributed by atoms with Gasteiger partial charge in [0, 0.05) is 26.8 Å². The number of thiophene rings is 1. The van der Waals surface area contributed by atoms with Gasteiger partial charge in [-0.05, 0) is 41.3 Å². The Kier molecular flexibility index (Phi) is 3.30. The molecule has 2 rings (SSSR count). The molecule has 0 saturated heterocycles. The second-order valence-corrected chi connectivity index (χ2v) is 6.20. The monoisotopic (exact) mass is 273 g/mol. The molecule has 2 unspecified atom stereocenters. The van der Waals surface area contributed by atoms with Crippen molar-refractivity contribution in [3.8, 4) is 0 Å². The van der Waals surface area contributed by atoms with E-state index in [0.29, 0.717) is 0 Å². The number of aryl methyl sites for hydroxylation is 1. The summed E-state index contributed by atoms with van der Waals surface area (Å²) in [6, 6.07) is 3.03. The molecule has 3 heteroatoms. The van der Waals surface area contributed by atoms with E-state index in [-0.39, 0.29) is 0 Å². The van der Waals surface area contributed by atoms with Crippen molar-refractivity contribution in [3.63, 3.8) is 0 Å². The van der Waals surface area contributed by atoms with Crippen molar-refractivity contribution in [2.45, 2.75) is 39.3 Å². The highest BCUT2D eigenvalue weighted by atomic mass is 79.9. The molecule has 1 aromatic heterocycles. The molecule has 0 aliphatic heterocycles. The van der Waals surface area contributed by atoms with Crippen molar-refractivity contribution in [1.29, 1.82) is 0 Å². The highest BCUT2D eigenvalue weighted by molar-refractivity contribution is 9.10. The summed E-state index contributed by atoms with van der Waals surface area (Å²) in [5.74, 6) is 0.944. The van der Waals surface area contributed by atoms with Crippen LogP contribution < -0.4 is 5.32 Å². The lowest BCUT2D eigenvalue weighted by molar-refractivity contribution is 0.627. The summed E-state index contributed by atoms with van der Waals surface area (Å²) >= 11 is 5.43. The Hall–Kier alpha value is 0.140. The highest BCUT2D eigenvalue weighted by Crippen LogP contribution is 2.34. The number of halogens is 1. The van der Waals surface area contributed by atoms with E-state index in [9.17, 15) is 0 Å². The van der Waals surface area contributed by atoms with Crippen LogP contribution in [0.25, 0.3) is 0 Å². The van der Waals surface area contributed by atoms with Crippen LogP contribution in [0.2, 0.25) is 0 Å². The summed E-state index contributed by atoms with van der Waals surface area (Å²) in [6.07, 6.45) is 2.70. The van der Waals surface area contributed by atoms with Gasteiger partial charge in [0.1, 0.15) is 0 Å². The van der Waals surface area contributed by atoms with Gasteiger partial charge in [-0.25, -0.2) is 0 Å². The molecule has 1 saturated carbocycles. The molecule has 0 radical (unpaired) electrons. The van der Waals surface area contributed by atoms with E-state index >= 15 is 0 Å². The van der Waals surface area contributed by atoms with Crippen molar-refractivity contribution in [2.24, 2.45) is 5.92 Å². The maximum absolute atomic E-state index is 3.60. The molecule has 1 N–H and O–H groups in total. The average Bonchev–Trinajstić information content (AvgIpc) is 2.85. The number of nitrogens with one attached hydrogen (secondary N) is 1. The molecular formula is C11H16BrNS. The Bertz CT molecular complexity index is 302. The Morgan fingerprint density at radius 1 is 1.64 bits per heavy atom. The van der Waals surface area contributed by atoms with Crippen molar-refractivity contribution < 1.29 is 0 Å². The van der Waals surface area contributed by atoms with Crippen molar-refractivity contribution in [3.05, 3.63) is 20.3 Å². The molecule has 1 fully saturated rings. The fourth-order valence-electron chi connectivity index (χ4n) is 1.79. The maximum atomic E-state index is 3.60. The lowest BCUT2D eigenvalue weighted by Crippen LogP contribution is -2.16. The van der Waals surface area contributed by atoms with Gasteiger partial charge in [-0.15, -0.1) is 11.3 Å². The highest BCUT2D eigenvalue weighted by Gasteiger charge is 2.34. The largest absolute Gasteiger partial charge is 0.309 e. The summed E-state index contributed by atoms with van der Waals surface area (Å²) in [4.78, 5) is 2.82. The maximum Gasteiger partial charge on any atom is 0.0314 e. The minimum Gasteiger partial charge on any atom is -0.309 e. The van der Waals surface area contributed by atoms with Gasteiger partial charge < -0.3 is 5.32 Å². The van der Waals surface area contributed by atoms with E-state index in [1.807, 2.05) is 11.3 Å². The van der Waals surface area contributed by atoms with Crippen LogP contribution in [0, 0.1) is 12.8 Å². The first-order chi connectivity index (χ1) is 6.70. The second kappa shape index (κ2) is 4.33. The van der Waals surface area contributed by atoms with E-state index in [0.717, 1.165) is 18.5 Å². The predicted octanol–water partition coefficient (Wildman–Crippen LogP) is 3.71. The smallest absolute Gasteiger partial charge is 0.0314 e. The van der Waals surface area contributed by atoms with Gasteiger partial charge in [0.25, 0.3) is 0 Å². The standard InChI is InChI=1S/C11H16BrNS/c1-3-8-4-11(8)13-6-9-5-10(12)7(2)14-9/h5,8,11,13H,3-4,6H2,1-2H3. The Morgan fingerprint density at radius 3 is 2.93 bits per heavy atom. The molecule has 1 aliphatic rings. The molecule has 0 spiro atoms. The van der Waals surface area contributed by atoms with E-state index in [4.69, 9.17) is 0 Å². The van der Waals surface area contributed by atoms with E-state index in [1.165, 1.54) is 27.1 Å². The van der Waals surface area contributed by atoms with Gasteiger partial charge in [0.15, 0.2) is 0 Å². The Morgan fingerprint density at radius 2 is 2.43 bits per heavy atom. The quantitative estimate of drug-likeness (QED) is 0.882. The first-order valence-corrected chi connectivity index (χ1v) is 6.80. The summed E-state index contributed by atoms with van der Waals surface area (Å²) in [6.45, 7) is 5.47. The third-order valence-corrected chi connectivity index (χ3v) is 5.03. The molecule has 1 heterocycles. The minimum absolute atomic E-state index is 0.793. The van der Waals surface area contributed by atoms with E-state index in [1.54, 1.807) is 0 Å². The van der Waals surface area contributed by atoms with Gasteiger partial charge in [-0.3, -0.25) is 0 Å². The number of rotatable bonds is 4. The van der Waals surface area contributed by atoms with Crippen LogP contribution in [0.15, 0.2) is 10.5 Å². The first-order valence-electron chi connectivity index (χ1n) is 5.19. The molecule has 0 bridgehead atoms. The average molecular weight is 274 g/mol. The summed E-state index contributed by atoms with van der Waals surface area (Å²) in [5, 5.41) is 3.60. The van der Waals surface area contributed by atoms with Gasteiger partial charge >= 0.3 is 0 Å². The molecule has 14 heavy (non-hydrogen) atoms. The van der Waals surface area contributed by atoms with Crippen molar-refractivity contribution in [2.75, 3.05) is 0 Å². The number of hydrogen-bond acceptors (Lipinski definition) is 2. The summed E-state index contributed by atoms with van der Waals surface area (Å²) in [7, 11) is 0. The Balaban J connectivity index is 1.81. The first kappa shape index (κ1) is 10.7. The third-order valence-electron chi connectivity index (χ3n) is 2.89. The lowest BCUT2D eigenvalue weighted by atomic mass is 10.3. The second-order valence-electron chi connectivity index (χ2n) is 4.01. The van der Waals surface area contributed by atoms with Gasteiger partial charge in [-0.1, -0.05) is 13.3 Å². The molecule has 2 atom stereocenters. The van der Waals surface area contributed by atoms with Crippen molar-refractivity contribution in [1.82, 2.24) is 5.32 Å². The van der Waals surface area contributed by atoms with Gasteiger partial charge in [0.05, 0.1) is 0 Å². The topological polar surface area (TPSA) is 12.0 Å². The molecule has 1 aliphatic carbocycles. The van der Waals surface area contributed by atoms with Gasteiger partial charge in [-0.2, -0.15) is 0 Å². The van der Waals surface area contributed by atoms with Crippen LogP contribution in [0.4, 0.5) is 0 Å². The number of hydrogen-bond donors (Lipinski definition) is 1. The lowest BCUT2D eigenvalue weighted by Gasteiger charge is -2.00. The normalized spacial score (nSPS) is 25.4. The molecule has 78 valence electrons. The fraction of sp³-hybridized carbons (Fsp3) is 0.636. The fourth-order valence-corrected chi connectivity index (χ4v) is 3.34. The van der Waals surface area contributed by atoms with Crippen LogP contribution in [-0.2, 0) is 6.54 Å². The summed E-state index contributed by atoms with van der Waals surface area (Å²) in [5.41, 5.74) is 0. The van der Waals surface area contributed by atoms with Crippen LogP contribution in [-0.4, -0.2) is 6.04 Å². The minimum atomic E-state index is 0.793. The predicted molar refractivity (Wildman–Crippen MR) is 65.8 cm³/mol. The molecule has 0 aromatic carbocycles. The van der Waals surface area contributed by atoms with Gasteiger partial charge in [0.2, 0.25) is 0 Å². The molecule has 1 nitrogen and oxygen atoms in total. The zero-order valence-electron chi connectivity index (χ0n) is 8.64. The van der Waals surface area contributed by atoms with Crippen LogP contribution in [0.5, 0.6) is 0 Å². The summed E-state index contributed by atoms with van der Waals surface area (Å²) < 4.78 is 1.25. The van der Waals surface area contributed by atoms with Crippen molar-refractivity contribution >= 4 is 27.3 Å². The third kappa shape index (κ3) is 2.38. The Labute approximate surface area is 98.0 Å². The van der Waals surface area contributed by atoms with E-state index < -0.39 is 0 Å². The zero-order chi connectivity index (χ0) is 10.1. The van der Waals surface area contributed by atoms with E-state index in [2.05, 4.69) is 41.2 Å². The van der Waals surface area contributed by atoms with Crippen LogP contribution in [0.3, 0.4) is 0 Å². The van der Waals surface area contributed by atoms with Crippen LogP contribution >= 0.6 is 27.3 Å². The molecular weight excluding hydrogens is 258 g/mol. The van der Waals surface area contributed by atoms with Crippen LogP contribution in [0.1, 0.15) is 29.5 Å². The molecule has 0 amide bonds. The zero-order valence-corrected chi connectivity index (χ0v) is 11.0. The molecule has 1 aromatic rings.